The molecular weight excluding hydrogens is 398 g/mol. The van der Waals surface area contributed by atoms with Crippen molar-refractivity contribution in [1.82, 2.24) is 0 Å². The number of carbonyl (C=O) groups excluding carboxylic acids is 2. The van der Waals surface area contributed by atoms with Gasteiger partial charge in [0.25, 0.3) is 0 Å². The number of rotatable bonds is 4. The van der Waals surface area contributed by atoms with Crippen LogP contribution in [0.1, 0.15) is 25.3 Å². The van der Waals surface area contributed by atoms with E-state index in [1.54, 1.807) is 24.3 Å². The van der Waals surface area contributed by atoms with Crippen LogP contribution in [0.2, 0.25) is 0 Å². The van der Waals surface area contributed by atoms with Crippen molar-refractivity contribution in [3.8, 4) is 5.75 Å². The summed E-state index contributed by atoms with van der Waals surface area (Å²) in [4.78, 5) is 24.2. The zero-order valence-corrected chi connectivity index (χ0v) is 16.0. The van der Waals surface area contributed by atoms with Crippen LogP contribution in [-0.4, -0.2) is 25.1 Å². The predicted octanol–water partition coefficient (Wildman–Crippen LogP) is 4.06. The monoisotopic (exact) mass is 417 g/mol. The second kappa shape index (κ2) is 8.01. The van der Waals surface area contributed by atoms with Gasteiger partial charge < -0.3 is 14.8 Å². The number of ether oxygens (including phenoxy) is 2. The molecule has 1 aliphatic rings. The third-order valence-electron chi connectivity index (χ3n) is 4.52. The third-order valence-corrected chi connectivity index (χ3v) is 5.05. The Balaban J connectivity index is 1.82. The fourth-order valence-corrected chi connectivity index (χ4v) is 3.38. The van der Waals surface area contributed by atoms with Crippen LogP contribution in [0.4, 0.5) is 5.69 Å². The van der Waals surface area contributed by atoms with E-state index in [1.165, 1.54) is 6.92 Å². The zero-order valence-electron chi connectivity index (χ0n) is 14.5. The zero-order chi connectivity index (χ0) is 18.6. The van der Waals surface area contributed by atoms with Crippen LogP contribution in [0.25, 0.3) is 0 Å². The Hall–Kier alpha value is -2.18. The maximum Gasteiger partial charge on any atom is 0.322 e. The molecule has 0 saturated carbocycles. The van der Waals surface area contributed by atoms with Gasteiger partial charge in [-0.15, -0.1) is 0 Å². The molecule has 1 saturated heterocycles. The number of hydrogen-bond donors (Lipinski definition) is 1. The molecule has 6 heteroatoms. The number of amides is 1. The first kappa shape index (κ1) is 18.6. The smallest absolute Gasteiger partial charge is 0.322 e. The topological polar surface area (TPSA) is 64.6 Å². The summed E-state index contributed by atoms with van der Waals surface area (Å²) in [5, 5.41) is 2.69. The van der Waals surface area contributed by atoms with Gasteiger partial charge in [0.15, 0.2) is 0 Å². The Morgan fingerprint density at radius 3 is 2.23 bits per heavy atom. The highest BCUT2D eigenvalue weighted by molar-refractivity contribution is 9.10. The van der Waals surface area contributed by atoms with Crippen molar-refractivity contribution >= 4 is 33.5 Å². The lowest BCUT2D eigenvalue weighted by Crippen LogP contribution is -2.44. The molecule has 0 radical (unpaired) electrons. The number of halogens is 1. The van der Waals surface area contributed by atoms with Gasteiger partial charge >= 0.3 is 5.97 Å². The number of carbonyl (C=O) groups is 2. The predicted molar refractivity (Wildman–Crippen MR) is 102 cm³/mol. The Kier molecular flexibility index (Phi) is 5.74. The highest BCUT2D eigenvalue weighted by Gasteiger charge is 2.43. The van der Waals surface area contributed by atoms with Crippen molar-refractivity contribution in [1.29, 1.82) is 0 Å². The van der Waals surface area contributed by atoms with Crippen molar-refractivity contribution < 1.29 is 19.1 Å². The van der Waals surface area contributed by atoms with E-state index in [9.17, 15) is 9.59 Å². The van der Waals surface area contributed by atoms with Crippen LogP contribution < -0.4 is 10.1 Å². The summed E-state index contributed by atoms with van der Waals surface area (Å²) in [6.07, 6.45) is 1.16. The Morgan fingerprint density at radius 2 is 1.65 bits per heavy atom. The summed E-state index contributed by atoms with van der Waals surface area (Å²) >= 11 is 3.43. The molecule has 1 heterocycles. The van der Waals surface area contributed by atoms with E-state index in [2.05, 4.69) is 21.2 Å². The Labute approximate surface area is 160 Å². The standard InChI is InChI=1S/C20H20BrNO4/c1-14(23)22-17-6-8-18(9-7-17)26-19(24)20(10-12-25-13-11-20)15-2-4-16(21)5-3-15/h2-9H,10-13H2,1H3,(H,22,23). The van der Waals surface area contributed by atoms with Gasteiger partial charge in [0.1, 0.15) is 5.75 Å². The second-order valence-corrected chi connectivity index (χ2v) is 7.21. The van der Waals surface area contributed by atoms with Gasteiger partial charge in [0, 0.05) is 30.3 Å². The van der Waals surface area contributed by atoms with E-state index in [0.29, 0.717) is 37.5 Å². The minimum Gasteiger partial charge on any atom is -0.426 e. The molecule has 1 amide bonds. The summed E-state index contributed by atoms with van der Waals surface area (Å²) < 4.78 is 12.1. The summed E-state index contributed by atoms with van der Waals surface area (Å²) in [5.74, 6) is 0.0219. The molecule has 0 aliphatic carbocycles. The van der Waals surface area contributed by atoms with Gasteiger partial charge in [0.2, 0.25) is 5.91 Å². The summed E-state index contributed by atoms with van der Waals surface area (Å²) in [6, 6.07) is 14.5. The number of esters is 1. The number of nitrogens with one attached hydrogen (secondary N) is 1. The van der Waals surface area contributed by atoms with Crippen molar-refractivity contribution in [2.24, 2.45) is 0 Å². The van der Waals surface area contributed by atoms with Gasteiger partial charge in [-0.3, -0.25) is 9.59 Å². The molecule has 26 heavy (non-hydrogen) atoms. The van der Waals surface area contributed by atoms with Gasteiger partial charge in [-0.2, -0.15) is 0 Å². The molecule has 1 aliphatic heterocycles. The van der Waals surface area contributed by atoms with Gasteiger partial charge in [-0.1, -0.05) is 28.1 Å². The molecule has 1 N–H and O–H groups in total. The van der Waals surface area contributed by atoms with Crippen LogP contribution in [0.15, 0.2) is 53.0 Å². The lowest BCUT2D eigenvalue weighted by atomic mass is 9.74. The van der Waals surface area contributed by atoms with Gasteiger partial charge in [-0.05, 0) is 54.8 Å². The molecule has 136 valence electrons. The third kappa shape index (κ3) is 4.14. The van der Waals surface area contributed by atoms with E-state index in [-0.39, 0.29) is 11.9 Å². The second-order valence-electron chi connectivity index (χ2n) is 6.30. The number of hydrogen-bond acceptors (Lipinski definition) is 4. The molecular formula is C20H20BrNO4. The largest absolute Gasteiger partial charge is 0.426 e. The molecule has 0 spiro atoms. The van der Waals surface area contributed by atoms with E-state index in [1.807, 2.05) is 24.3 Å². The lowest BCUT2D eigenvalue weighted by Gasteiger charge is -2.35. The molecule has 0 bridgehead atoms. The van der Waals surface area contributed by atoms with Crippen LogP contribution in [0, 0.1) is 0 Å². The van der Waals surface area contributed by atoms with Crippen molar-refractivity contribution in [3.05, 3.63) is 58.6 Å². The normalized spacial score (nSPS) is 15.9. The fraction of sp³-hybridized carbons (Fsp3) is 0.300. The first-order valence-electron chi connectivity index (χ1n) is 8.43. The highest BCUT2D eigenvalue weighted by Crippen LogP contribution is 2.37. The Morgan fingerprint density at radius 1 is 1.04 bits per heavy atom. The molecule has 1 fully saturated rings. The first-order chi connectivity index (χ1) is 12.5. The molecule has 3 rings (SSSR count). The van der Waals surface area contributed by atoms with Gasteiger partial charge in [-0.25, -0.2) is 0 Å². The quantitative estimate of drug-likeness (QED) is 0.601. The van der Waals surface area contributed by atoms with Crippen molar-refractivity contribution in [2.75, 3.05) is 18.5 Å². The fourth-order valence-electron chi connectivity index (χ4n) is 3.11. The molecule has 2 aromatic carbocycles. The minimum absolute atomic E-state index is 0.147. The van der Waals surface area contributed by atoms with E-state index in [4.69, 9.17) is 9.47 Å². The summed E-state index contributed by atoms with van der Waals surface area (Å²) in [7, 11) is 0. The lowest BCUT2D eigenvalue weighted by molar-refractivity contribution is -0.145. The van der Waals surface area contributed by atoms with Gasteiger partial charge in [0.05, 0.1) is 5.41 Å². The minimum atomic E-state index is -0.713. The van der Waals surface area contributed by atoms with Crippen molar-refractivity contribution in [2.45, 2.75) is 25.2 Å². The Bertz CT molecular complexity index is 780. The molecule has 0 atom stereocenters. The van der Waals surface area contributed by atoms with Crippen molar-refractivity contribution in [3.63, 3.8) is 0 Å². The van der Waals surface area contributed by atoms with Crippen LogP contribution in [0.5, 0.6) is 5.75 Å². The molecule has 0 aromatic heterocycles. The average molecular weight is 418 g/mol. The van der Waals surface area contributed by atoms with Crippen LogP contribution in [-0.2, 0) is 19.7 Å². The first-order valence-corrected chi connectivity index (χ1v) is 9.23. The van der Waals surface area contributed by atoms with E-state index >= 15 is 0 Å². The SMILES string of the molecule is CC(=O)Nc1ccc(OC(=O)C2(c3ccc(Br)cc3)CCOCC2)cc1. The molecule has 0 unspecified atom stereocenters. The number of anilines is 1. The molecule has 2 aromatic rings. The molecule has 5 nitrogen and oxygen atoms in total. The highest BCUT2D eigenvalue weighted by atomic mass is 79.9. The maximum atomic E-state index is 13.1. The van der Waals surface area contributed by atoms with Crippen LogP contribution >= 0.6 is 15.9 Å². The maximum absolute atomic E-state index is 13.1. The number of benzene rings is 2. The summed E-state index contributed by atoms with van der Waals surface area (Å²) in [5.41, 5.74) is 0.879. The van der Waals surface area contributed by atoms with E-state index in [0.717, 1.165) is 10.0 Å². The van der Waals surface area contributed by atoms with E-state index < -0.39 is 5.41 Å². The average Bonchev–Trinajstić information content (AvgIpc) is 2.64. The summed E-state index contributed by atoms with van der Waals surface area (Å²) in [6.45, 7) is 2.49. The van der Waals surface area contributed by atoms with Crippen LogP contribution in [0.3, 0.4) is 0 Å².